The Morgan fingerprint density at radius 1 is 1.20 bits per heavy atom. The van der Waals surface area contributed by atoms with Gasteiger partial charge in [-0.15, -0.1) is 0 Å². The molecule has 2 N–H and O–H groups in total. The summed E-state index contributed by atoms with van der Waals surface area (Å²) in [6, 6.07) is 10.5. The van der Waals surface area contributed by atoms with Crippen molar-refractivity contribution >= 4 is 46.3 Å². The van der Waals surface area contributed by atoms with E-state index in [9.17, 15) is 23.1 Å². The molecular formula is C23H18Cl2F3N3O4. The fraction of sp³-hybridized carbons (Fsp3) is 0.217. The van der Waals surface area contributed by atoms with Gasteiger partial charge in [0.1, 0.15) is 12.4 Å². The first-order chi connectivity index (χ1) is 16.7. The van der Waals surface area contributed by atoms with Crippen molar-refractivity contribution in [3.8, 4) is 11.5 Å². The molecule has 0 fully saturated rings. The van der Waals surface area contributed by atoms with E-state index in [4.69, 9.17) is 27.9 Å². The number of nitrogens with one attached hydrogen (secondary N) is 1. The molecule has 0 radical (unpaired) electrons. The average Bonchev–Trinajstić information content (AvgIpc) is 2.82. The number of carbonyl (C=O) groups excluding carboxylic acids is 1. The van der Waals surface area contributed by atoms with Crippen molar-refractivity contribution in [2.45, 2.75) is 12.8 Å². The Bertz CT molecular complexity index is 1260. The molecule has 4 rings (SSSR count). The monoisotopic (exact) mass is 527 g/mol. The van der Waals surface area contributed by atoms with E-state index >= 15 is 0 Å². The molecular weight excluding hydrogens is 510 g/mol. The maximum atomic E-state index is 13.0. The summed E-state index contributed by atoms with van der Waals surface area (Å²) in [6.07, 6.45) is -2.99. The molecule has 7 nitrogen and oxygen atoms in total. The van der Waals surface area contributed by atoms with E-state index in [1.54, 1.807) is 24.3 Å². The minimum absolute atomic E-state index is 0.0865. The molecule has 0 bridgehead atoms. The second-order valence-corrected chi connectivity index (χ2v) is 8.28. The van der Waals surface area contributed by atoms with Gasteiger partial charge in [-0.05, 0) is 42.0 Å². The lowest BCUT2D eigenvalue weighted by Crippen LogP contribution is -2.31. The number of fused-ring (bicyclic) bond motifs is 1. The first-order valence-electron chi connectivity index (χ1n) is 10.3. The van der Waals surface area contributed by atoms with Gasteiger partial charge in [0.25, 0.3) is 5.91 Å². The molecule has 1 aromatic heterocycles. The van der Waals surface area contributed by atoms with Crippen molar-refractivity contribution in [2.24, 2.45) is 0 Å². The summed E-state index contributed by atoms with van der Waals surface area (Å²) >= 11 is 12.4. The number of pyridine rings is 1. The molecule has 184 valence electrons. The minimum Gasteiger partial charge on any atom is -0.489 e. The predicted octanol–water partition coefficient (Wildman–Crippen LogP) is 5.60. The van der Waals surface area contributed by atoms with Crippen molar-refractivity contribution < 1.29 is 32.5 Å². The van der Waals surface area contributed by atoms with Gasteiger partial charge in [-0.3, -0.25) is 4.79 Å². The SMILES string of the molecule is O=C(Nc1ccc(OCC(F)(F)F)c(Cl)c1)c1cccc2c1OCCN2c1ncc(CO)cc1Cl. The number of hydrogen-bond donors (Lipinski definition) is 2. The summed E-state index contributed by atoms with van der Waals surface area (Å²) in [4.78, 5) is 19.2. The van der Waals surface area contributed by atoms with E-state index in [1.165, 1.54) is 24.4 Å². The number of aliphatic hydroxyl groups excluding tert-OH is 1. The van der Waals surface area contributed by atoms with E-state index < -0.39 is 18.7 Å². The zero-order valence-corrected chi connectivity index (χ0v) is 19.4. The summed E-state index contributed by atoms with van der Waals surface area (Å²) < 4.78 is 47.6. The molecule has 0 unspecified atom stereocenters. The number of alkyl halides is 3. The Hall–Kier alpha value is -3.21. The molecule has 35 heavy (non-hydrogen) atoms. The van der Waals surface area contributed by atoms with Gasteiger partial charge in [0, 0.05) is 11.9 Å². The Balaban J connectivity index is 1.56. The lowest BCUT2D eigenvalue weighted by atomic mass is 10.1. The largest absolute Gasteiger partial charge is 0.489 e. The van der Waals surface area contributed by atoms with Crippen LogP contribution >= 0.6 is 23.2 Å². The van der Waals surface area contributed by atoms with E-state index in [1.807, 2.05) is 4.90 Å². The van der Waals surface area contributed by atoms with Crippen LogP contribution in [0, 0.1) is 0 Å². The molecule has 0 saturated heterocycles. The normalized spacial score (nSPS) is 13.1. The third kappa shape index (κ3) is 5.72. The minimum atomic E-state index is -4.50. The lowest BCUT2D eigenvalue weighted by molar-refractivity contribution is -0.153. The van der Waals surface area contributed by atoms with Crippen LogP contribution in [0.3, 0.4) is 0 Å². The molecule has 0 atom stereocenters. The van der Waals surface area contributed by atoms with Crippen LogP contribution in [-0.4, -0.2) is 41.9 Å². The highest BCUT2D eigenvalue weighted by atomic mass is 35.5. The highest BCUT2D eigenvalue weighted by molar-refractivity contribution is 6.33. The second kappa shape index (κ2) is 10.2. The Kier molecular flexibility index (Phi) is 7.25. The van der Waals surface area contributed by atoms with Gasteiger partial charge in [-0.25, -0.2) is 4.98 Å². The fourth-order valence-corrected chi connectivity index (χ4v) is 3.98. The van der Waals surface area contributed by atoms with E-state index in [-0.39, 0.29) is 35.2 Å². The van der Waals surface area contributed by atoms with Crippen LogP contribution in [0.4, 0.5) is 30.4 Å². The topological polar surface area (TPSA) is 83.9 Å². The Labute approximate surface area is 208 Å². The second-order valence-electron chi connectivity index (χ2n) is 7.46. The van der Waals surface area contributed by atoms with Crippen LogP contribution in [-0.2, 0) is 6.61 Å². The standard InChI is InChI=1S/C23H18Cl2F3N3O4/c24-16-9-14(4-5-19(16)35-12-23(26,27)28)30-22(33)15-2-1-3-18-20(15)34-7-6-31(18)21-17(25)8-13(11-32)10-29-21/h1-5,8-10,32H,6-7,11-12H2,(H,30,33). The third-order valence-electron chi connectivity index (χ3n) is 4.99. The van der Waals surface area contributed by atoms with Crippen LogP contribution < -0.4 is 19.7 Å². The van der Waals surface area contributed by atoms with Gasteiger partial charge < -0.3 is 24.8 Å². The molecule has 3 aromatic rings. The lowest BCUT2D eigenvalue weighted by Gasteiger charge is -2.32. The Morgan fingerprint density at radius 3 is 2.69 bits per heavy atom. The van der Waals surface area contributed by atoms with Gasteiger partial charge in [-0.2, -0.15) is 13.2 Å². The highest BCUT2D eigenvalue weighted by Crippen LogP contribution is 2.41. The average molecular weight is 528 g/mol. The zero-order valence-electron chi connectivity index (χ0n) is 17.9. The molecule has 0 aliphatic carbocycles. The van der Waals surface area contributed by atoms with Crippen molar-refractivity contribution in [2.75, 3.05) is 30.0 Å². The van der Waals surface area contributed by atoms with Gasteiger partial charge in [0.15, 0.2) is 18.2 Å². The number of rotatable bonds is 6. The summed E-state index contributed by atoms with van der Waals surface area (Å²) in [5, 5.41) is 12.2. The van der Waals surface area contributed by atoms with Crippen molar-refractivity contribution in [3.05, 3.63) is 69.8 Å². The van der Waals surface area contributed by atoms with Crippen molar-refractivity contribution in [1.82, 2.24) is 4.98 Å². The molecule has 2 aromatic carbocycles. The highest BCUT2D eigenvalue weighted by Gasteiger charge is 2.29. The molecule has 1 aliphatic rings. The third-order valence-corrected chi connectivity index (χ3v) is 5.56. The Morgan fingerprint density at radius 2 is 2.00 bits per heavy atom. The van der Waals surface area contributed by atoms with Crippen LogP contribution in [0.15, 0.2) is 48.7 Å². The number of nitrogens with zero attached hydrogens (tertiary/aromatic N) is 2. The number of aliphatic hydroxyl groups is 1. The van der Waals surface area contributed by atoms with Crippen LogP contribution in [0.2, 0.25) is 10.0 Å². The maximum absolute atomic E-state index is 13.0. The molecule has 1 amide bonds. The summed E-state index contributed by atoms with van der Waals surface area (Å²) in [7, 11) is 0. The van der Waals surface area contributed by atoms with Gasteiger partial charge >= 0.3 is 6.18 Å². The summed E-state index contributed by atoms with van der Waals surface area (Å²) in [6.45, 7) is -0.993. The van der Waals surface area contributed by atoms with Crippen molar-refractivity contribution in [3.63, 3.8) is 0 Å². The number of halogens is 5. The molecule has 0 spiro atoms. The number of ether oxygens (including phenoxy) is 2. The van der Waals surface area contributed by atoms with E-state index in [0.717, 1.165) is 0 Å². The zero-order chi connectivity index (χ0) is 25.2. The summed E-state index contributed by atoms with van der Waals surface area (Å²) in [5.41, 5.74) is 1.62. The number of anilines is 3. The van der Waals surface area contributed by atoms with Gasteiger partial charge in [-0.1, -0.05) is 29.3 Å². The number of hydrogen-bond acceptors (Lipinski definition) is 6. The first-order valence-corrected chi connectivity index (χ1v) is 11.0. The van der Waals surface area contributed by atoms with Crippen LogP contribution in [0.5, 0.6) is 11.5 Å². The van der Waals surface area contributed by atoms with E-state index in [0.29, 0.717) is 34.4 Å². The van der Waals surface area contributed by atoms with Crippen molar-refractivity contribution in [1.29, 1.82) is 0 Å². The molecule has 1 aliphatic heterocycles. The first kappa shape index (κ1) is 24.9. The van der Waals surface area contributed by atoms with Gasteiger partial charge in [0.05, 0.1) is 34.4 Å². The quantitative estimate of drug-likeness (QED) is 0.433. The van der Waals surface area contributed by atoms with Crippen LogP contribution in [0.25, 0.3) is 0 Å². The summed E-state index contributed by atoms with van der Waals surface area (Å²) in [5.74, 6) is 0.0943. The van der Waals surface area contributed by atoms with Gasteiger partial charge in [0.2, 0.25) is 0 Å². The number of para-hydroxylation sites is 1. The maximum Gasteiger partial charge on any atom is 0.422 e. The molecule has 2 heterocycles. The number of amides is 1. The molecule has 12 heteroatoms. The predicted molar refractivity (Wildman–Crippen MR) is 125 cm³/mol. The number of carbonyl (C=O) groups is 1. The van der Waals surface area contributed by atoms with Crippen LogP contribution in [0.1, 0.15) is 15.9 Å². The number of aromatic nitrogens is 1. The smallest absolute Gasteiger partial charge is 0.422 e. The fourth-order valence-electron chi connectivity index (χ4n) is 3.46. The number of benzene rings is 2. The molecule has 0 saturated carbocycles. The van der Waals surface area contributed by atoms with E-state index in [2.05, 4.69) is 15.0 Å².